The number of benzene rings is 1. The number of hydrogen-bond donors (Lipinski definition) is 2. The summed E-state index contributed by atoms with van der Waals surface area (Å²) in [6.07, 6.45) is 1.74. The molecule has 0 radical (unpaired) electrons. The number of hydrogen-bond acceptors (Lipinski definition) is 3. The Bertz CT molecular complexity index is 520. The van der Waals surface area contributed by atoms with Crippen molar-refractivity contribution in [1.82, 2.24) is 5.32 Å². The molecular weight excluding hydrogens is 269 g/mol. The van der Waals surface area contributed by atoms with Crippen LogP contribution in [0.3, 0.4) is 0 Å². The summed E-state index contributed by atoms with van der Waals surface area (Å²) in [6, 6.07) is 5.20. The van der Waals surface area contributed by atoms with Gasteiger partial charge in [-0.2, -0.15) is 0 Å². The molecule has 1 fully saturated rings. The smallest absolute Gasteiger partial charge is 0.222 e. The predicted octanol–water partition coefficient (Wildman–Crippen LogP) is 2.20. The normalized spacial score (nSPS) is 23.9. The van der Waals surface area contributed by atoms with Crippen LogP contribution >= 0.6 is 0 Å². The summed E-state index contributed by atoms with van der Waals surface area (Å²) < 4.78 is 13.6. The molecule has 1 heterocycles. The van der Waals surface area contributed by atoms with Crippen LogP contribution in [0.25, 0.3) is 0 Å². The molecule has 116 valence electrons. The molecule has 1 saturated heterocycles. The first-order valence-electron chi connectivity index (χ1n) is 7.46. The predicted molar refractivity (Wildman–Crippen MR) is 82.6 cm³/mol. The van der Waals surface area contributed by atoms with E-state index in [9.17, 15) is 9.18 Å². The van der Waals surface area contributed by atoms with Crippen LogP contribution in [0.4, 0.5) is 10.1 Å². The lowest BCUT2D eigenvalue weighted by atomic mass is 9.91. The Kier molecular flexibility index (Phi) is 4.83. The van der Waals surface area contributed by atoms with E-state index in [2.05, 4.69) is 17.1 Å². The average molecular weight is 293 g/mol. The van der Waals surface area contributed by atoms with E-state index < -0.39 is 0 Å². The zero-order valence-corrected chi connectivity index (χ0v) is 12.9. The minimum absolute atomic E-state index is 0.0388. The first-order chi connectivity index (χ1) is 9.93. The number of nitrogens with two attached hydrogens (primary N) is 1. The van der Waals surface area contributed by atoms with Crippen molar-refractivity contribution in [3.05, 3.63) is 29.6 Å². The molecule has 1 amide bonds. The van der Waals surface area contributed by atoms with Gasteiger partial charge in [-0.3, -0.25) is 4.79 Å². The highest BCUT2D eigenvalue weighted by Crippen LogP contribution is 2.33. The number of nitrogens with one attached hydrogen (secondary N) is 1. The molecule has 1 aromatic carbocycles. The number of carbonyl (C=O) groups is 1. The van der Waals surface area contributed by atoms with Crippen LogP contribution in [0, 0.1) is 11.7 Å². The van der Waals surface area contributed by atoms with Gasteiger partial charge in [0.05, 0.1) is 5.92 Å². The third-order valence-corrected chi connectivity index (χ3v) is 4.48. The minimum atomic E-state index is -0.253. The van der Waals surface area contributed by atoms with Crippen molar-refractivity contribution < 1.29 is 9.18 Å². The van der Waals surface area contributed by atoms with E-state index in [-0.39, 0.29) is 23.7 Å². The number of nitrogens with zero attached hydrogens (tertiary/aromatic N) is 1. The van der Waals surface area contributed by atoms with Crippen molar-refractivity contribution in [3.63, 3.8) is 0 Å². The number of halogens is 1. The number of carbonyl (C=O) groups excluding carboxylic acids is 1. The topological polar surface area (TPSA) is 58.4 Å². The van der Waals surface area contributed by atoms with Crippen LogP contribution in [0.2, 0.25) is 0 Å². The van der Waals surface area contributed by atoms with Gasteiger partial charge in [0.25, 0.3) is 0 Å². The van der Waals surface area contributed by atoms with Crippen molar-refractivity contribution in [2.24, 2.45) is 11.7 Å². The molecule has 4 nitrogen and oxygen atoms in total. The van der Waals surface area contributed by atoms with E-state index >= 15 is 0 Å². The Morgan fingerprint density at radius 2 is 2.19 bits per heavy atom. The quantitative estimate of drug-likeness (QED) is 0.894. The second kappa shape index (κ2) is 6.43. The van der Waals surface area contributed by atoms with Crippen molar-refractivity contribution in [3.8, 4) is 0 Å². The molecule has 21 heavy (non-hydrogen) atoms. The Labute approximate surface area is 125 Å². The van der Waals surface area contributed by atoms with Gasteiger partial charge >= 0.3 is 0 Å². The molecular formula is C16H24FN3O. The Hall–Kier alpha value is -1.62. The lowest BCUT2D eigenvalue weighted by molar-refractivity contribution is -0.122. The Morgan fingerprint density at radius 3 is 2.81 bits per heavy atom. The summed E-state index contributed by atoms with van der Waals surface area (Å²) in [5.74, 6) is -0.631. The maximum atomic E-state index is 13.6. The summed E-state index contributed by atoms with van der Waals surface area (Å²) in [7, 11) is 1.85. The van der Waals surface area contributed by atoms with Crippen LogP contribution in [0.5, 0.6) is 0 Å². The molecule has 3 unspecified atom stereocenters. The maximum absolute atomic E-state index is 13.6. The molecule has 5 heteroatoms. The molecule has 0 aliphatic carbocycles. The minimum Gasteiger partial charge on any atom is -0.369 e. The lowest BCUT2D eigenvalue weighted by Gasteiger charge is -2.40. The van der Waals surface area contributed by atoms with Crippen molar-refractivity contribution >= 4 is 11.6 Å². The van der Waals surface area contributed by atoms with Gasteiger partial charge in [0.2, 0.25) is 5.91 Å². The van der Waals surface area contributed by atoms with Gasteiger partial charge in [-0.1, -0.05) is 0 Å². The molecule has 0 saturated carbocycles. The summed E-state index contributed by atoms with van der Waals surface area (Å²) in [4.78, 5) is 13.7. The van der Waals surface area contributed by atoms with Crippen molar-refractivity contribution in [2.45, 2.75) is 38.8 Å². The van der Waals surface area contributed by atoms with E-state index in [0.717, 1.165) is 24.1 Å². The molecule has 3 atom stereocenters. The Balaban J connectivity index is 2.37. The van der Waals surface area contributed by atoms with Gasteiger partial charge in [0.1, 0.15) is 5.82 Å². The third kappa shape index (κ3) is 3.35. The number of piperidine rings is 1. The number of anilines is 1. The highest BCUT2D eigenvalue weighted by molar-refractivity contribution is 5.78. The van der Waals surface area contributed by atoms with Crippen LogP contribution in [0.1, 0.15) is 38.3 Å². The van der Waals surface area contributed by atoms with Gasteiger partial charge < -0.3 is 16.0 Å². The zero-order valence-electron chi connectivity index (χ0n) is 12.9. The number of rotatable bonds is 4. The van der Waals surface area contributed by atoms with Gasteiger partial charge in [-0.05, 0) is 57.5 Å². The summed E-state index contributed by atoms with van der Waals surface area (Å²) in [5.41, 5.74) is 7.36. The molecule has 3 N–H and O–H groups in total. The monoisotopic (exact) mass is 293 g/mol. The molecule has 2 rings (SSSR count). The maximum Gasteiger partial charge on any atom is 0.222 e. The van der Waals surface area contributed by atoms with Crippen LogP contribution < -0.4 is 16.0 Å². The second-order valence-electron chi connectivity index (χ2n) is 5.89. The van der Waals surface area contributed by atoms with Gasteiger partial charge in [0, 0.05) is 24.3 Å². The van der Waals surface area contributed by atoms with E-state index in [1.807, 2.05) is 14.0 Å². The summed E-state index contributed by atoms with van der Waals surface area (Å²) in [6.45, 7) is 4.73. The van der Waals surface area contributed by atoms with Gasteiger partial charge in [0.15, 0.2) is 0 Å². The van der Waals surface area contributed by atoms with Crippen molar-refractivity contribution in [1.29, 1.82) is 0 Å². The lowest BCUT2D eigenvalue weighted by Crippen LogP contribution is -2.46. The van der Waals surface area contributed by atoms with Crippen LogP contribution in [-0.2, 0) is 4.79 Å². The van der Waals surface area contributed by atoms with Crippen molar-refractivity contribution in [2.75, 3.05) is 18.5 Å². The first kappa shape index (κ1) is 15.8. The van der Waals surface area contributed by atoms with Gasteiger partial charge in [-0.15, -0.1) is 0 Å². The number of primary amides is 1. The van der Waals surface area contributed by atoms with E-state index in [1.54, 1.807) is 12.1 Å². The average Bonchev–Trinajstić information content (AvgIpc) is 2.47. The molecule has 0 spiro atoms. The Morgan fingerprint density at radius 1 is 1.48 bits per heavy atom. The fourth-order valence-corrected chi connectivity index (χ4v) is 2.96. The standard InChI is InChI=1S/C16H24FN3O/c1-10-4-5-12(16(18)21)9-20(10)15-7-6-13(17)8-14(15)11(2)19-3/h6-8,10-12,19H,4-5,9H2,1-3H3,(H2,18,21). The van der Waals surface area contributed by atoms with E-state index in [0.29, 0.717) is 12.6 Å². The SMILES string of the molecule is CNC(C)c1cc(F)ccc1N1CC(C(N)=O)CCC1C. The van der Waals surface area contributed by atoms with E-state index in [4.69, 9.17) is 5.73 Å². The molecule has 1 aliphatic rings. The first-order valence-corrected chi connectivity index (χ1v) is 7.46. The summed E-state index contributed by atoms with van der Waals surface area (Å²) >= 11 is 0. The largest absolute Gasteiger partial charge is 0.369 e. The summed E-state index contributed by atoms with van der Waals surface area (Å²) in [5, 5.41) is 3.15. The highest BCUT2D eigenvalue weighted by atomic mass is 19.1. The van der Waals surface area contributed by atoms with Crippen LogP contribution in [0.15, 0.2) is 18.2 Å². The van der Waals surface area contributed by atoms with E-state index in [1.165, 1.54) is 6.07 Å². The van der Waals surface area contributed by atoms with Crippen LogP contribution in [-0.4, -0.2) is 25.5 Å². The number of amides is 1. The zero-order chi connectivity index (χ0) is 15.6. The molecule has 1 aromatic rings. The fourth-order valence-electron chi connectivity index (χ4n) is 2.96. The highest BCUT2D eigenvalue weighted by Gasteiger charge is 2.30. The third-order valence-electron chi connectivity index (χ3n) is 4.48. The van der Waals surface area contributed by atoms with Gasteiger partial charge in [-0.25, -0.2) is 4.39 Å². The second-order valence-corrected chi connectivity index (χ2v) is 5.89. The molecule has 0 aromatic heterocycles. The fraction of sp³-hybridized carbons (Fsp3) is 0.562. The molecule has 0 bridgehead atoms. The molecule has 1 aliphatic heterocycles.